The standard InChI is InChI=1S/C11H15NO/c12-10-5-2-6-11(7-10)13-8-9-3-1-4-9/h2,5-7,9H,1,3-4,8,12H2. The van der Waals surface area contributed by atoms with Gasteiger partial charge in [-0.25, -0.2) is 0 Å². The third-order valence-corrected chi connectivity index (χ3v) is 2.57. The van der Waals surface area contributed by atoms with Crippen molar-refractivity contribution in [3.63, 3.8) is 0 Å². The molecule has 0 saturated heterocycles. The van der Waals surface area contributed by atoms with Crippen molar-refractivity contribution in [3.05, 3.63) is 24.3 Å². The van der Waals surface area contributed by atoms with Crippen molar-refractivity contribution in [2.45, 2.75) is 19.3 Å². The van der Waals surface area contributed by atoms with Crippen LogP contribution in [0.5, 0.6) is 5.75 Å². The van der Waals surface area contributed by atoms with Crippen LogP contribution < -0.4 is 10.5 Å². The van der Waals surface area contributed by atoms with Crippen LogP contribution >= 0.6 is 0 Å². The Kier molecular flexibility index (Phi) is 2.39. The molecule has 0 heterocycles. The molecule has 1 fully saturated rings. The average molecular weight is 177 g/mol. The second kappa shape index (κ2) is 3.69. The molecule has 13 heavy (non-hydrogen) atoms. The van der Waals surface area contributed by atoms with Gasteiger partial charge in [0.1, 0.15) is 5.75 Å². The predicted molar refractivity (Wildman–Crippen MR) is 53.7 cm³/mol. The molecule has 1 aromatic rings. The Balaban J connectivity index is 1.86. The molecule has 1 aliphatic rings. The molecule has 0 bridgehead atoms. The van der Waals surface area contributed by atoms with E-state index in [0.29, 0.717) is 0 Å². The molecule has 0 spiro atoms. The lowest BCUT2D eigenvalue weighted by atomic mass is 9.86. The Labute approximate surface area is 78.7 Å². The van der Waals surface area contributed by atoms with E-state index in [-0.39, 0.29) is 0 Å². The molecule has 2 nitrogen and oxygen atoms in total. The van der Waals surface area contributed by atoms with Gasteiger partial charge >= 0.3 is 0 Å². The van der Waals surface area contributed by atoms with Gasteiger partial charge in [0, 0.05) is 11.8 Å². The summed E-state index contributed by atoms with van der Waals surface area (Å²) in [6, 6.07) is 7.62. The zero-order valence-corrected chi connectivity index (χ0v) is 7.70. The van der Waals surface area contributed by atoms with E-state index in [9.17, 15) is 0 Å². The van der Waals surface area contributed by atoms with Gasteiger partial charge in [0.25, 0.3) is 0 Å². The number of rotatable bonds is 3. The van der Waals surface area contributed by atoms with Gasteiger partial charge in [0.05, 0.1) is 6.61 Å². The predicted octanol–water partition coefficient (Wildman–Crippen LogP) is 2.45. The highest BCUT2D eigenvalue weighted by Gasteiger charge is 2.17. The molecule has 2 N–H and O–H groups in total. The van der Waals surface area contributed by atoms with Crippen LogP contribution in [0.15, 0.2) is 24.3 Å². The first-order chi connectivity index (χ1) is 6.34. The van der Waals surface area contributed by atoms with Crippen LogP contribution in [0.2, 0.25) is 0 Å². The average Bonchev–Trinajstić information content (AvgIpc) is 2.01. The summed E-state index contributed by atoms with van der Waals surface area (Å²) in [7, 11) is 0. The van der Waals surface area contributed by atoms with Crippen LogP contribution in [0, 0.1) is 5.92 Å². The fraction of sp³-hybridized carbons (Fsp3) is 0.455. The Hall–Kier alpha value is -1.18. The molecule has 2 rings (SSSR count). The maximum Gasteiger partial charge on any atom is 0.121 e. The minimum Gasteiger partial charge on any atom is -0.493 e. The van der Waals surface area contributed by atoms with Gasteiger partial charge in [-0.15, -0.1) is 0 Å². The Morgan fingerprint density at radius 1 is 1.38 bits per heavy atom. The first kappa shape index (κ1) is 8.42. The quantitative estimate of drug-likeness (QED) is 0.720. The zero-order valence-electron chi connectivity index (χ0n) is 7.70. The number of anilines is 1. The van der Waals surface area contributed by atoms with Crippen molar-refractivity contribution in [2.75, 3.05) is 12.3 Å². The molecule has 1 aliphatic carbocycles. The SMILES string of the molecule is Nc1cccc(OCC2CCC2)c1. The first-order valence-corrected chi connectivity index (χ1v) is 4.83. The molecular formula is C11H15NO. The topological polar surface area (TPSA) is 35.2 Å². The van der Waals surface area contributed by atoms with Gasteiger partial charge < -0.3 is 10.5 Å². The third kappa shape index (κ3) is 2.14. The van der Waals surface area contributed by atoms with Crippen molar-refractivity contribution >= 4 is 5.69 Å². The summed E-state index contributed by atoms with van der Waals surface area (Å²) in [6.07, 6.45) is 4.01. The summed E-state index contributed by atoms with van der Waals surface area (Å²) >= 11 is 0. The maximum atomic E-state index is 5.63. The monoisotopic (exact) mass is 177 g/mol. The summed E-state index contributed by atoms with van der Waals surface area (Å²) in [4.78, 5) is 0. The Morgan fingerprint density at radius 2 is 2.23 bits per heavy atom. The van der Waals surface area contributed by atoms with E-state index in [1.54, 1.807) is 0 Å². The number of hydrogen-bond donors (Lipinski definition) is 1. The van der Waals surface area contributed by atoms with E-state index in [1.807, 2.05) is 24.3 Å². The number of ether oxygens (including phenoxy) is 1. The normalized spacial score (nSPS) is 16.6. The highest BCUT2D eigenvalue weighted by atomic mass is 16.5. The summed E-state index contributed by atoms with van der Waals surface area (Å²) in [5, 5.41) is 0. The lowest BCUT2D eigenvalue weighted by Crippen LogP contribution is -2.19. The molecule has 0 atom stereocenters. The van der Waals surface area contributed by atoms with E-state index in [0.717, 1.165) is 24.0 Å². The van der Waals surface area contributed by atoms with Crippen molar-refractivity contribution in [3.8, 4) is 5.75 Å². The second-order valence-electron chi connectivity index (χ2n) is 3.68. The molecule has 0 unspecified atom stereocenters. The van der Waals surface area contributed by atoms with Crippen LogP contribution in [-0.4, -0.2) is 6.61 Å². The van der Waals surface area contributed by atoms with E-state index in [4.69, 9.17) is 10.5 Å². The van der Waals surface area contributed by atoms with E-state index >= 15 is 0 Å². The molecule has 1 aromatic carbocycles. The van der Waals surface area contributed by atoms with Gasteiger partial charge in [0.15, 0.2) is 0 Å². The first-order valence-electron chi connectivity index (χ1n) is 4.83. The minimum absolute atomic E-state index is 0.770. The van der Waals surface area contributed by atoms with Crippen LogP contribution in [0.25, 0.3) is 0 Å². The number of benzene rings is 1. The van der Waals surface area contributed by atoms with E-state index < -0.39 is 0 Å². The van der Waals surface area contributed by atoms with Gasteiger partial charge in [-0.2, -0.15) is 0 Å². The molecule has 70 valence electrons. The largest absolute Gasteiger partial charge is 0.493 e. The fourth-order valence-electron chi connectivity index (χ4n) is 1.48. The molecule has 0 aromatic heterocycles. The summed E-state index contributed by atoms with van der Waals surface area (Å²) in [5.74, 6) is 1.67. The molecular weight excluding hydrogens is 162 g/mol. The van der Waals surface area contributed by atoms with Gasteiger partial charge in [-0.1, -0.05) is 12.5 Å². The highest BCUT2D eigenvalue weighted by Crippen LogP contribution is 2.27. The summed E-state index contributed by atoms with van der Waals surface area (Å²) in [6.45, 7) is 0.851. The Bertz CT molecular complexity index is 281. The van der Waals surface area contributed by atoms with Crippen LogP contribution in [0.3, 0.4) is 0 Å². The third-order valence-electron chi connectivity index (χ3n) is 2.57. The van der Waals surface area contributed by atoms with Crippen molar-refractivity contribution in [1.82, 2.24) is 0 Å². The molecule has 2 heteroatoms. The van der Waals surface area contributed by atoms with Crippen molar-refractivity contribution < 1.29 is 4.74 Å². The smallest absolute Gasteiger partial charge is 0.121 e. The van der Waals surface area contributed by atoms with Gasteiger partial charge in [-0.05, 0) is 30.9 Å². The van der Waals surface area contributed by atoms with E-state index in [2.05, 4.69) is 0 Å². The summed E-state index contributed by atoms with van der Waals surface area (Å²) in [5.41, 5.74) is 6.40. The number of nitrogens with two attached hydrogens (primary N) is 1. The number of nitrogen functional groups attached to an aromatic ring is 1. The van der Waals surface area contributed by atoms with E-state index in [1.165, 1.54) is 19.3 Å². The lowest BCUT2D eigenvalue weighted by molar-refractivity contribution is 0.180. The van der Waals surface area contributed by atoms with Crippen LogP contribution in [0.1, 0.15) is 19.3 Å². The minimum atomic E-state index is 0.770. The van der Waals surface area contributed by atoms with Crippen LogP contribution in [0.4, 0.5) is 5.69 Å². The fourth-order valence-corrected chi connectivity index (χ4v) is 1.48. The Morgan fingerprint density at radius 3 is 2.85 bits per heavy atom. The van der Waals surface area contributed by atoms with Gasteiger partial charge in [-0.3, -0.25) is 0 Å². The number of hydrogen-bond acceptors (Lipinski definition) is 2. The molecule has 1 saturated carbocycles. The molecule has 0 aliphatic heterocycles. The summed E-state index contributed by atoms with van der Waals surface area (Å²) < 4.78 is 5.61. The van der Waals surface area contributed by atoms with Crippen LogP contribution in [-0.2, 0) is 0 Å². The molecule has 0 amide bonds. The maximum absolute atomic E-state index is 5.63. The zero-order chi connectivity index (χ0) is 9.10. The van der Waals surface area contributed by atoms with Crippen molar-refractivity contribution in [1.29, 1.82) is 0 Å². The lowest BCUT2D eigenvalue weighted by Gasteiger charge is -2.25. The highest BCUT2D eigenvalue weighted by molar-refractivity contribution is 5.43. The molecule has 0 radical (unpaired) electrons. The second-order valence-corrected chi connectivity index (χ2v) is 3.68. The van der Waals surface area contributed by atoms with Gasteiger partial charge in [0.2, 0.25) is 0 Å². The van der Waals surface area contributed by atoms with Crippen molar-refractivity contribution in [2.24, 2.45) is 5.92 Å².